The first kappa shape index (κ1) is 19.7. The van der Waals surface area contributed by atoms with Gasteiger partial charge in [-0.3, -0.25) is 14.2 Å². The van der Waals surface area contributed by atoms with Crippen LogP contribution >= 0.6 is 27.7 Å². The van der Waals surface area contributed by atoms with Crippen molar-refractivity contribution in [2.75, 3.05) is 5.75 Å². The molecule has 27 heavy (non-hydrogen) atoms. The van der Waals surface area contributed by atoms with E-state index < -0.39 is 0 Å². The number of H-pyrrole nitrogens is 1. The third kappa shape index (κ3) is 4.62. The number of carbonyl (C=O) groups excluding carboxylic acids is 1. The van der Waals surface area contributed by atoms with Crippen LogP contribution in [-0.4, -0.2) is 26.2 Å². The lowest BCUT2D eigenvalue weighted by Crippen LogP contribution is -2.27. The third-order valence-corrected chi connectivity index (χ3v) is 5.46. The number of aromatic nitrogens is 3. The highest BCUT2D eigenvalue weighted by Gasteiger charge is 2.16. The standard InChI is InChI=1S/C19H21BrN4O2S/c1-11(2)24-18(26)17-15(7-12(3)22-17)23-19(24)27-10-16(25)21-9-13-5-4-6-14(20)8-13/h4-8,11,22H,9-10H2,1-3H3,(H,21,25). The first-order chi connectivity index (χ1) is 12.8. The van der Waals surface area contributed by atoms with Gasteiger partial charge in [0.15, 0.2) is 5.16 Å². The normalized spacial score (nSPS) is 11.3. The Labute approximate surface area is 169 Å². The van der Waals surface area contributed by atoms with Crippen molar-refractivity contribution in [1.29, 1.82) is 0 Å². The van der Waals surface area contributed by atoms with Crippen molar-refractivity contribution in [3.8, 4) is 0 Å². The fourth-order valence-corrected chi connectivity index (χ4v) is 4.18. The highest BCUT2D eigenvalue weighted by Crippen LogP contribution is 2.21. The molecule has 0 saturated heterocycles. The summed E-state index contributed by atoms with van der Waals surface area (Å²) in [4.78, 5) is 32.7. The van der Waals surface area contributed by atoms with Crippen LogP contribution in [0.5, 0.6) is 0 Å². The Morgan fingerprint density at radius 2 is 2.15 bits per heavy atom. The van der Waals surface area contributed by atoms with E-state index in [0.717, 1.165) is 15.7 Å². The van der Waals surface area contributed by atoms with Gasteiger partial charge in [-0.1, -0.05) is 39.8 Å². The Balaban J connectivity index is 1.73. The number of nitrogens with zero attached hydrogens (tertiary/aromatic N) is 2. The van der Waals surface area contributed by atoms with E-state index in [4.69, 9.17) is 0 Å². The lowest BCUT2D eigenvalue weighted by Gasteiger charge is -2.15. The molecule has 2 aromatic heterocycles. The molecule has 0 radical (unpaired) electrons. The van der Waals surface area contributed by atoms with Crippen molar-refractivity contribution < 1.29 is 4.79 Å². The molecule has 2 N–H and O–H groups in total. The zero-order valence-corrected chi connectivity index (χ0v) is 17.8. The van der Waals surface area contributed by atoms with Gasteiger partial charge in [0.25, 0.3) is 5.56 Å². The Morgan fingerprint density at radius 3 is 2.85 bits per heavy atom. The van der Waals surface area contributed by atoms with Crippen molar-refractivity contribution >= 4 is 44.6 Å². The number of benzene rings is 1. The van der Waals surface area contributed by atoms with Crippen LogP contribution in [0.3, 0.4) is 0 Å². The summed E-state index contributed by atoms with van der Waals surface area (Å²) in [6.07, 6.45) is 0. The molecule has 1 aromatic carbocycles. The minimum Gasteiger partial charge on any atom is -0.353 e. The molecule has 0 aliphatic heterocycles. The van der Waals surface area contributed by atoms with Crippen LogP contribution in [0, 0.1) is 6.92 Å². The molecule has 142 valence electrons. The van der Waals surface area contributed by atoms with Gasteiger partial charge in [-0.25, -0.2) is 4.98 Å². The maximum atomic E-state index is 12.8. The smallest absolute Gasteiger partial charge is 0.278 e. The van der Waals surface area contributed by atoms with Crippen LogP contribution in [0.1, 0.15) is 31.1 Å². The molecule has 0 saturated carbocycles. The lowest BCUT2D eigenvalue weighted by molar-refractivity contribution is -0.118. The van der Waals surface area contributed by atoms with Gasteiger partial charge in [-0.2, -0.15) is 0 Å². The number of aromatic amines is 1. The molecule has 0 unspecified atom stereocenters. The van der Waals surface area contributed by atoms with E-state index in [9.17, 15) is 9.59 Å². The van der Waals surface area contributed by atoms with Gasteiger partial charge in [0, 0.05) is 22.8 Å². The summed E-state index contributed by atoms with van der Waals surface area (Å²) in [7, 11) is 0. The van der Waals surface area contributed by atoms with E-state index in [1.54, 1.807) is 4.57 Å². The minimum absolute atomic E-state index is 0.0507. The molecule has 6 nitrogen and oxygen atoms in total. The minimum atomic E-state index is -0.111. The van der Waals surface area contributed by atoms with Crippen LogP contribution < -0.4 is 10.9 Å². The largest absolute Gasteiger partial charge is 0.353 e. The van der Waals surface area contributed by atoms with Crippen LogP contribution in [0.4, 0.5) is 0 Å². The molecule has 3 aromatic rings. The molecule has 1 amide bonds. The van der Waals surface area contributed by atoms with E-state index in [-0.39, 0.29) is 23.3 Å². The zero-order valence-electron chi connectivity index (χ0n) is 15.4. The first-order valence-corrected chi connectivity index (χ1v) is 10.4. The van der Waals surface area contributed by atoms with Gasteiger partial charge in [-0.05, 0) is 44.5 Å². The van der Waals surface area contributed by atoms with Crippen molar-refractivity contribution in [1.82, 2.24) is 19.9 Å². The maximum Gasteiger partial charge on any atom is 0.278 e. The van der Waals surface area contributed by atoms with Gasteiger partial charge < -0.3 is 10.3 Å². The number of hydrogen-bond acceptors (Lipinski definition) is 4. The number of hydrogen-bond donors (Lipinski definition) is 2. The predicted octanol–water partition coefficient (Wildman–Crippen LogP) is 3.78. The number of carbonyl (C=O) groups is 1. The van der Waals surface area contributed by atoms with Crippen molar-refractivity contribution in [2.45, 2.75) is 38.5 Å². The number of halogens is 1. The monoisotopic (exact) mass is 448 g/mol. The predicted molar refractivity (Wildman–Crippen MR) is 112 cm³/mol. The van der Waals surface area contributed by atoms with E-state index in [1.165, 1.54) is 11.8 Å². The second-order valence-corrected chi connectivity index (χ2v) is 8.43. The molecule has 2 heterocycles. The fraction of sp³-hybridized carbons (Fsp3) is 0.316. The van der Waals surface area contributed by atoms with Crippen molar-refractivity contribution in [3.05, 3.63) is 56.4 Å². The molecular formula is C19H21BrN4O2S. The quantitative estimate of drug-likeness (QED) is 0.444. The molecular weight excluding hydrogens is 428 g/mol. The molecule has 0 aliphatic carbocycles. The summed E-state index contributed by atoms with van der Waals surface area (Å²) in [5, 5.41) is 3.45. The summed E-state index contributed by atoms with van der Waals surface area (Å²) in [5.74, 6) is 0.0945. The zero-order chi connectivity index (χ0) is 19.6. The van der Waals surface area contributed by atoms with E-state index >= 15 is 0 Å². The van der Waals surface area contributed by atoms with Crippen molar-refractivity contribution in [3.63, 3.8) is 0 Å². The molecule has 0 atom stereocenters. The summed E-state index contributed by atoms with van der Waals surface area (Å²) in [6, 6.07) is 9.59. The van der Waals surface area contributed by atoms with Gasteiger partial charge in [0.1, 0.15) is 5.52 Å². The molecule has 0 fully saturated rings. The summed E-state index contributed by atoms with van der Waals surface area (Å²) in [5.41, 5.74) is 2.93. The first-order valence-electron chi connectivity index (χ1n) is 8.61. The SMILES string of the molecule is Cc1cc2nc(SCC(=O)NCc3cccc(Br)c3)n(C(C)C)c(=O)c2[nH]1. The number of amides is 1. The Morgan fingerprint density at radius 1 is 1.37 bits per heavy atom. The second kappa shape index (κ2) is 8.31. The molecule has 0 bridgehead atoms. The van der Waals surface area contributed by atoms with Crippen LogP contribution in [0.15, 0.2) is 44.8 Å². The Bertz CT molecular complexity index is 1040. The fourth-order valence-electron chi connectivity index (χ4n) is 2.78. The summed E-state index contributed by atoms with van der Waals surface area (Å²) >= 11 is 4.70. The van der Waals surface area contributed by atoms with Gasteiger partial charge in [0.05, 0.1) is 11.3 Å². The molecule has 8 heteroatoms. The maximum absolute atomic E-state index is 12.8. The number of rotatable bonds is 6. The van der Waals surface area contributed by atoms with E-state index in [2.05, 4.69) is 31.2 Å². The molecule has 3 rings (SSSR count). The van der Waals surface area contributed by atoms with Crippen LogP contribution in [-0.2, 0) is 11.3 Å². The average Bonchev–Trinajstić information content (AvgIpc) is 2.98. The van der Waals surface area contributed by atoms with Crippen LogP contribution in [0.2, 0.25) is 0 Å². The molecule has 0 aliphatic rings. The summed E-state index contributed by atoms with van der Waals surface area (Å²) < 4.78 is 2.61. The number of fused-ring (bicyclic) bond motifs is 1. The summed E-state index contributed by atoms with van der Waals surface area (Å²) in [6.45, 7) is 6.21. The number of aryl methyl sites for hydroxylation is 1. The average molecular weight is 449 g/mol. The lowest BCUT2D eigenvalue weighted by atomic mass is 10.2. The van der Waals surface area contributed by atoms with E-state index in [1.807, 2.05) is 51.1 Å². The highest BCUT2D eigenvalue weighted by atomic mass is 79.9. The topological polar surface area (TPSA) is 79.8 Å². The Hall–Kier alpha value is -2.06. The number of nitrogens with one attached hydrogen (secondary N) is 2. The van der Waals surface area contributed by atoms with Gasteiger partial charge >= 0.3 is 0 Å². The molecule has 0 spiro atoms. The van der Waals surface area contributed by atoms with Crippen LogP contribution in [0.25, 0.3) is 11.0 Å². The van der Waals surface area contributed by atoms with Gasteiger partial charge in [-0.15, -0.1) is 0 Å². The third-order valence-electron chi connectivity index (χ3n) is 4.01. The highest BCUT2D eigenvalue weighted by molar-refractivity contribution is 9.10. The van der Waals surface area contributed by atoms with Crippen molar-refractivity contribution in [2.24, 2.45) is 0 Å². The Kier molecular flexibility index (Phi) is 6.06. The van der Waals surface area contributed by atoms with Gasteiger partial charge in [0.2, 0.25) is 5.91 Å². The second-order valence-electron chi connectivity index (χ2n) is 6.57. The van der Waals surface area contributed by atoms with E-state index in [0.29, 0.717) is 22.7 Å². The number of thioether (sulfide) groups is 1.